The van der Waals surface area contributed by atoms with Crippen molar-refractivity contribution in [1.29, 1.82) is 0 Å². The zero-order valence-corrected chi connectivity index (χ0v) is 40.5. The molecule has 0 bridgehead atoms. The van der Waals surface area contributed by atoms with Gasteiger partial charge in [0.15, 0.2) is 16.8 Å². The summed E-state index contributed by atoms with van der Waals surface area (Å²) in [6.45, 7) is 0. The second kappa shape index (κ2) is 23.7. The maximum atomic E-state index is 13.1. The molecule has 0 spiro atoms. The van der Waals surface area contributed by atoms with Gasteiger partial charge in [-0.1, -0.05) is 53.8 Å². The van der Waals surface area contributed by atoms with Crippen molar-refractivity contribution in [1.82, 2.24) is 45.5 Å². The lowest BCUT2D eigenvalue weighted by atomic mass is 9.72. The molecule has 1 aromatic carbocycles. The lowest BCUT2D eigenvalue weighted by molar-refractivity contribution is -0.117. The Hall–Kier alpha value is -8.04. The van der Waals surface area contributed by atoms with Crippen LogP contribution >= 0.6 is 23.1 Å². The fourth-order valence-corrected chi connectivity index (χ4v) is 10.1. The highest BCUT2D eigenvalue weighted by Crippen LogP contribution is 2.43. The van der Waals surface area contributed by atoms with Gasteiger partial charge in [0.1, 0.15) is 5.01 Å². The van der Waals surface area contributed by atoms with Crippen molar-refractivity contribution < 1.29 is 19.2 Å². The molecule has 9 rings (SSSR count). The third-order valence-corrected chi connectivity index (χ3v) is 13.8. The van der Waals surface area contributed by atoms with E-state index in [1.165, 1.54) is 11.3 Å². The molecule has 0 saturated heterocycles. The first-order chi connectivity index (χ1) is 35.1. The third kappa shape index (κ3) is 14.3. The van der Waals surface area contributed by atoms with Crippen molar-refractivity contribution >= 4 is 79.4 Å². The van der Waals surface area contributed by atoms with Gasteiger partial charge in [0.2, 0.25) is 22.9 Å². The quantitative estimate of drug-likeness (QED) is 0.0515. The average Bonchev–Trinajstić information content (AvgIpc) is 3.79. The molecule has 6 heterocycles. The van der Waals surface area contributed by atoms with Crippen LogP contribution in [-0.4, -0.2) is 79.4 Å². The van der Waals surface area contributed by atoms with E-state index in [9.17, 15) is 19.2 Å². The van der Waals surface area contributed by atoms with Crippen LogP contribution in [0.3, 0.4) is 0 Å². The number of nitrogens with two attached hydrogens (primary N) is 1. The van der Waals surface area contributed by atoms with Crippen LogP contribution in [0, 0.1) is 17.8 Å². The lowest BCUT2D eigenvalue weighted by Gasteiger charge is -2.35. The Balaban J connectivity index is 0.748. The largest absolute Gasteiger partial charge is 0.378 e. The molecule has 6 aromatic heterocycles. The maximum Gasteiger partial charge on any atom is 0.254 e. The van der Waals surface area contributed by atoms with E-state index in [4.69, 9.17) is 10.7 Å². The number of carbonyl (C=O) groups excluding carboxylic acids is 4. The Morgan fingerprint density at radius 2 is 1.24 bits per heavy atom. The number of hydrogen-bond donors (Lipinski definition) is 4. The lowest BCUT2D eigenvalue weighted by Crippen LogP contribution is -2.32. The van der Waals surface area contributed by atoms with Gasteiger partial charge in [-0.25, -0.2) is 4.99 Å². The predicted octanol–water partition coefficient (Wildman–Crippen LogP) is 6.70. The molecule has 21 heteroatoms. The number of benzene rings is 1. The maximum absolute atomic E-state index is 13.1. The molecular weight excluding hydrogens is 951 g/mol. The summed E-state index contributed by atoms with van der Waals surface area (Å²) in [4.78, 5) is 72.8. The normalized spacial score (nSPS) is 17.5. The van der Waals surface area contributed by atoms with Gasteiger partial charge in [-0.15, -0.1) is 20.4 Å². The Kier molecular flexibility index (Phi) is 16.1. The van der Waals surface area contributed by atoms with E-state index in [1.807, 2.05) is 60.7 Å². The highest BCUT2D eigenvalue weighted by Gasteiger charge is 2.35. The average molecular weight is 1000 g/mol. The number of carbonyl (C=O) groups is 4. The minimum absolute atomic E-state index is 0.00675. The number of pyridine rings is 3. The summed E-state index contributed by atoms with van der Waals surface area (Å²) in [5, 5.41) is 36.3. The second-order valence-corrected chi connectivity index (χ2v) is 19.7. The van der Waals surface area contributed by atoms with Gasteiger partial charge < -0.3 is 21.7 Å². The number of amidine groups is 1. The topological polar surface area (TPSA) is 271 Å². The minimum Gasteiger partial charge on any atom is -0.378 e. The van der Waals surface area contributed by atoms with Gasteiger partial charge in [-0.05, 0) is 122 Å². The summed E-state index contributed by atoms with van der Waals surface area (Å²) in [5.41, 5.74) is 11.3. The van der Waals surface area contributed by atoms with E-state index in [2.05, 4.69) is 66.5 Å². The second-order valence-electron chi connectivity index (χ2n) is 17.6. The number of aliphatic imine (C=N–C) groups is 2. The van der Waals surface area contributed by atoms with Crippen LogP contribution in [0.4, 0.5) is 22.5 Å². The molecule has 2 saturated carbocycles. The van der Waals surface area contributed by atoms with E-state index >= 15 is 0 Å². The molecule has 0 unspecified atom stereocenters. The number of nitrogens with one attached hydrogen (secondary N) is 3. The molecule has 7 aromatic rings. The van der Waals surface area contributed by atoms with Crippen molar-refractivity contribution in [2.45, 2.75) is 70.1 Å². The first-order valence-corrected chi connectivity index (χ1v) is 25.0. The monoisotopic (exact) mass is 999 g/mol. The predicted molar refractivity (Wildman–Crippen MR) is 274 cm³/mol. The van der Waals surface area contributed by atoms with Crippen molar-refractivity contribution in [3.8, 4) is 0 Å². The van der Waals surface area contributed by atoms with Crippen molar-refractivity contribution in [3.05, 3.63) is 161 Å². The van der Waals surface area contributed by atoms with Crippen molar-refractivity contribution in [3.63, 3.8) is 0 Å². The molecule has 72 heavy (non-hydrogen) atoms. The smallest absolute Gasteiger partial charge is 0.254 e. The molecular formula is C51H49N15O4S2. The summed E-state index contributed by atoms with van der Waals surface area (Å²) < 4.78 is 0. The van der Waals surface area contributed by atoms with E-state index < -0.39 is 5.91 Å². The Morgan fingerprint density at radius 1 is 0.597 bits per heavy atom. The summed E-state index contributed by atoms with van der Waals surface area (Å²) >= 11 is 2.53. The highest BCUT2D eigenvalue weighted by molar-refractivity contribution is 8.26. The fraction of sp³-hybridized carbons (Fsp3) is 0.275. The summed E-state index contributed by atoms with van der Waals surface area (Å²) in [6, 6.07) is 31.1. The Morgan fingerprint density at radius 3 is 1.89 bits per heavy atom. The molecule has 0 radical (unpaired) electrons. The van der Waals surface area contributed by atoms with E-state index in [1.54, 1.807) is 61.1 Å². The summed E-state index contributed by atoms with van der Waals surface area (Å²) in [5.74, 6) is 0.673. The number of amides is 4. The van der Waals surface area contributed by atoms with Gasteiger partial charge in [0.05, 0.1) is 54.0 Å². The van der Waals surface area contributed by atoms with Gasteiger partial charge in [-0.3, -0.25) is 34.1 Å². The van der Waals surface area contributed by atoms with Crippen LogP contribution in [0.15, 0.2) is 132 Å². The van der Waals surface area contributed by atoms with E-state index in [-0.39, 0.29) is 60.4 Å². The molecule has 0 atom stereocenters. The van der Waals surface area contributed by atoms with E-state index in [0.717, 1.165) is 65.8 Å². The van der Waals surface area contributed by atoms with Crippen LogP contribution in [-0.2, 0) is 57.7 Å². The van der Waals surface area contributed by atoms with Crippen LogP contribution < -0.4 is 21.7 Å². The number of aromatic nitrogens is 9. The number of anilines is 3. The highest BCUT2D eigenvalue weighted by atomic mass is 32.2. The van der Waals surface area contributed by atoms with Crippen molar-refractivity contribution in [2.24, 2.45) is 33.5 Å². The fourth-order valence-electron chi connectivity index (χ4n) is 8.35. The number of hydrogen-bond acceptors (Lipinski definition) is 16. The zero-order valence-electron chi connectivity index (χ0n) is 38.9. The van der Waals surface area contributed by atoms with Gasteiger partial charge in [0, 0.05) is 47.7 Å². The van der Waals surface area contributed by atoms with Crippen LogP contribution in [0.25, 0.3) is 0 Å². The van der Waals surface area contributed by atoms with Crippen LogP contribution in [0.1, 0.15) is 70.6 Å². The number of nitrogens with zero attached hydrogens (tertiary/aromatic N) is 11. The third-order valence-electron chi connectivity index (χ3n) is 12.0. The van der Waals surface area contributed by atoms with Gasteiger partial charge in [-0.2, -0.15) is 15.2 Å². The Bertz CT molecular complexity index is 3020. The van der Waals surface area contributed by atoms with Gasteiger partial charge >= 0.3 is 0 Å². The standard InChI is InChI=1S/C51H49N15O4S2/c52-50(59-46(69)27-36-10-4-6-18-53-36)72-49(35-22-32(23-35)24-39-14-16-42(63-61-39)57-44(67)25-31-8-2-1-3-9-31)56-40-13-12-38(55-30-40)29-45(68)58-43-17-15-41(62-64-43)34-20-33(21-34)26-48-65-66-51(71-48)60-47(70)28-37-11-5-7-19-54-37/h1-19,30,32-35H,20-29H2,(H2,52,59,69)(H,57,63,67)(H,58,64,68)(H,60,66,70). The minimum atomic E-state index is -0.416. The molecule has 2 fully saturated rings. The first-order valence-electron chi connectivity index (χ1n) is 23.4. The molecule has 4 amide bonds. The SMILES string of the molecule is NC(=NC(=O)Cc1ccccn1)SC(=Nc1ccc(CC(=O)Nc2ccc(C3CC(Cc4nnc(NC(=O)Cc5ccccn5)s4)C3)nn2)nc1)C1CC(Cc2ccc(NC(=O)Cc3ccccc3)nn2)C1. The molecule has 2 aliphatic rings. The summed E-state index contributed by atoms with van der Waals surface area (Å²) in [7, 11) is 0. The van der Waals surface area contributed by atoms with Crippen molar-refractivity contribution in [2.75, 3.05) is 16.0 Å². The zero-order chi connectivity index (χ0) is 49.7. The van der Waals surface area contributed by atoms with Crippen LogP contribution in [0.5, 0.6) is 0 Å². The van der Waals surface area contributed by atoms with Gasteiger partial charge in [0.25, 0.3) is 5.91 Å². The Labute approximate surface area is 422 Å². The molecule has 0 aliphatic heterocycles. The number of rotatable bonds is 18. The molecule has 2 aliphatic carbocycles. The number of thioether (sulfide) groups is 1. The summed E-state index contributed by atoms with van der Waals surface area (Å²) in [6.07, 6.45) is 10.2. The first kappa shape index (κ1) is 49.0. The van der Waals surface area contributed by atoms with E-state index in [0.29, 0.717) is 62.8 Å². The molecule has 19 nitrogen and oxygen atoms in total. The molecule has 364 valence electrons. The van der Waals surface area contributed by atoms with Crippen LogP contribution in [0.2, 0.25) is 0 Å². The molecule has 5 N–H and O–H groups in total.